The van der Waals surface area contributed by atoms with Gasteiger partial charge >= 0.3 is 0 Å². The van der Waals surface area contributed by atoms with E-state index in [1.165, 1.54) is 6.07 Å². The number of rotatable bonds is 4. The lowest BCUT2D eigenvalue weighted by Gasteiger charge is -2.10. The molecule has 0 saturated heterocycles. The van der Waals surface area contributed by atoms with E-state index < -0.39 is 0 Å². The molecule has 0 aliphatic carbocycles. The van der Waals surface area contributed by atoms with Crippen molar-refractivity contribution in [2.45, 2.75) is 6.92 Å². The van der Waals surface area contributed by atoms with Crippen LogP contribution in [-0.2, 0) is 0 Å². The van der Waals surface area contributed by atoms with Crippen LogP contribution in [0.15, 0.2) is 54.7 Å². The van der Waals surface area contributed by atoms with Gasteiger partial charge < -0.3 is 11.1 Å². The molecule has 27 heavy (non-hydrogen) atoms. The van der Waals surface area contributed by atoms with Crippen molar-refractivity contribution in [3.8, 4) is 0 Å². The predicted molar refractivity (Wildman–Crippen MR) is 108 cm³/mol. The first-order valence-corrected chi connectivity index (χ1v) is 8.50. The maximum atomic E-state index is 14.1. The van der Waals surface area contributed by atoms with Crippen molar-refractivity contribution >= 4 is 40.1 Å². The largest absolute Gasteiger partial charge is 0.398 e. The van der Waals surface area contributed by atoms with E-state index in [4.69, 9.17) is 5.73 Å². The van der Waals surface area contributed by atoms with E-state index in [0.717, 1.165) is 28.0 Å². The molecule has 0 atom stereocenters. The Bertz CT molecular complexity index is 1130. The molecule has 134 valence electrons. The quantitative estimate of drug-likeness (QED) is 0.453. The fourth-order valence-electron chi connectivity index (χ4n) is 2.83. The number of nitrogen functional groups attached to an aromatic ring is 1. The van der Waals surface area contributed by atoms with Gasteiger partial charge in [-0.15, -0.1) is 0 Å². The first-order valence-electron chi connectivity index (χ1n) is 8.50. The van der Waals surface area contributed by atoms with Gasteiger partial charge in [-0.05, 0) is 67.1 Å². The number of H-pyrrole nitrogens is 1. The minimum absolute atomic E-state index is 0.340. The van der Waals surface area contributed by atoms with Crippen molar-refractivity contribution in [3.05, 3.63) is 77.5 Å². The highest BCUT2D eigenvalue weighted by Crippen LogP contribution is 2.27. The molecule has 0 spiro atoms. The van der Waals surface area contributed by atoms with Crippen LogP contribution in [0.5, 0.6) is 0 Å². The number of pyridine rings is 1. The third-order valence-electron chi connectivity index (χ3n) is 4.33. The van der Waals surface area contributed by atoms with Crippen molar-refractivity contribution in [2.24, 2.45) is 0 Å². The van der Waals surface area contributed by atoms with E-state index in [9.17, 15) is 4.39 Å². The van der Waals surface area contributed by atoms with Crippen LogP contribution in [0.3, 0.4) is 0 Å². The number of hydrogen-bond donors (Lipinski definition) is 3. The molecule has 0 bridgehead atoms. The number of nitrogens with one attached hydrogen (secondary N) is 2. The van der Waals surface area contributed by atoms with E-state index in [0.29, 0.717) is 16.9 Å². The Hall–Kier alpha value is -3.67. The molecule has 4 rings (SSSR count). The van der Waals surface area contributed by atoms with Gasteiger partial charge in [-0.25, -0.2) is 4.39 Å². The number of aromatic amines is 1. The van der Waals surface area contributed by atoms with Crippen LogP contribution in [0, 0.1) is 12.7 Å². The molecule has 2 aromatic heterocycles. The zero-order chi connectivity index (χ0) is 18.8. The van der Waals surface area contributed by atoms with Gasteiger partial charge in [-0.3, -0.25) is 10.1 Å². The van der Waals surface area contributed by atoms with Crippen molar-refractivity contribution in [1.29, 1.82) is 0 Å². The second-order valence-corrected chi connectivity index (χ2v) is 6.27. The van der Waals surface area contributed by atoms with Gasteiger partial charge in [0.05, 0.1) is 22.6 Å². The molecule has 0 saturated carbocycles. The fraction of sp³-hybridized carbons (Fsp3) is 0.0476. The standard InChI is InChI=1S/C21H18FN5/c1-13-10-17(22)21(12-18(13)23)25-15-5-7-16-19(26-27-20(16)11-15)8-6-14-4-2-3-9-24-14/h2-12,25H,23H2,1H3,(H,26,27)/b8-6+. The Morgan fingerprint density at radius 1 is 1.11 bits per heavy atom. The van der Waals surface area contributed by atoms with Gasteiger partial charge in [0.2, 0.25) is 0 Å². The van der Waals surface area contributed by atoms with Crippen LogP contribution >= 0.6 is 0 Å². The summed E-state index contributed by atoms with van der Waals surface area (Å²) in [6.07, 6.45) is 5.57. The second-order valence-electron chi connectivity index (χ2n) is 6.27. The SMILES string of the molecule is Cc1cc(F)c(Nc2ccc3c(/C=C/c4ccccn4)n[nH]c3c2)cc1N. The number of fused-ring (bicyclic) bond motifs is 1. The fourth-order valence-corrected chi connectivity index (χ4v) is 2.83. The van der Waals surface area contributed by atoms with Crippen LogP contribution in [0.1, 0.15) is 17.0 Å². The minimum atomic E-state index is -0.342. The minimum Gasteiger partial charge on any atom is -0.398 e. The number of hydrogen-bond acceptors (Lipinski definition) is 4. The van der Waals surface area contributed by atoms with Crippen LogP contribution in [-0.4, -0.2) is 15.2 Å². The maximum Gasteiger partial charge on any atom is 0.147 e. The highest BCUT2D eigenvalue weighted by Gasteiger charge is 2.08. The molecule has 0 fully saturated rings. The summed E-state index contributed by atoms with van der Waals surface area (Å²) in [5.74, 6) is -0.342. The topological polar surface area (TPSA) is 79.6 Å². The Balaban J connectivity index is 1.61. The third-order valence-corrected chi connectivity index (χ3v) is 4.33. The summed E-state index contributed by atoms with van der Waals surface area (Å²) >= 11 is 0. The van der Waals surface area contributed by atoms with Gasteiger partial charge in [-0.2, -0.15) is 5.10 Å². The first kappa shape index (κ1) is 16.8. The molecule has 4 aromatic rings. The molecule has 0 radical (unpaired) electrons. The Morgan fingerprint density at radius 3 is 2.81 bits per heavy atom. The molecule has 2 aromatic carbocycles. The zero-order valence-electron chi connectivity index (χ0n) is 14.7. The highest BCUT2D eigenvalue weighted by atomic mass is 19.1. The van der Waals surface area contributed by atoms with Crippen LogP contribution in [0.4, 0.5) is 21.5 Å². The first-order chi connectivity index (χ1) is 13.1. The van der Waals surface area contributed by atoms with E-state index in [1.807, 2.05) is 48.6 Å². The number of aromatic nitrogens is 3. The van der Waals surface area contributed by atoms with Crippen molar-refractivity contribution in [1.82, 2.24) is 15.2 Å². The van der Waals surface area contributed by atoms with Crippen molar-refractivity contribution in [2.75, 3.05) is 11.1 Å². The molecule has 0 unspecified atom stereocenters. The van der Waals surface area contributed by atoms with Crippen LogP contribution < -0.4 is 11.1 Å². The summed E-state index contributed by atoms with van der Waals surface area (Å²) in [6, 6.07) is 14.5. The average molecular weight is 359 g/mol. The zero-order valence-corrected chi connectivity index (χ0v) is 14.7. The van der Waals surface area contributed by atoms with E-state index >= 15 is 0 Å². The molecule has 6 heteroatoms. The van der Waals surface area contributed by atoms with E-state index in [2.05, 4.69) is 20.5 Å². The monoisotopic (exact) mass is 359 g/mol. The molecular weight excluding hydrogens is 341 g/mol. The number of nitrogens with zero attached hydrogens (tertiary/aromatic N) is 2. The predicted octanol–water partition coefficient (Wildman–Crippen LogP) is 4.90. The summed E-state index contributed by atoms with van der Waals surface area (Å²) < 4.78 is 14.1. The molecule has 4 N–H and O–H groups in total. The smallest absolute Gasteiger partial charge is 0.147 e. The third kappa shape index (κ3) is 3.50. The van der Waals surface area contributed by atoms with Crippen LogP contribution in [0.2, 0.25) is 0 Å². The number of benzene rings is 2. The van der Waals surface area contributed by atoms with Gasteiger partial charge in [-0.1, -0.05) is 6.07 Å². The molecular formula is C21H18FN5. The van der Waals surface area contributed by atoms with Crippen molar-refractivity contribution in [3.63, 3.8) is 0 Å². The summed E-state index contributed by atoms with van der Waals surface area (Å²) in [5.41, 5.74) is 10.7. The number of anilines is 3. The summed E-state index contributed by atoms with van der Waals surface area (Å²) in [6.45, 7) is 1.78. The number of halogens is 1. The van der Waals surface area contributed by atoms with Gasteiger partial charge in [0.25, 0.3) is 0 Å². The lowest BCUT2D eigenvalue weighted by atomic mass is 10.1. The van der Waals surface area contributed by atoms with Gasteiger partial charge in [0.1, 0.15) is 5.82 Å². The van der Waals surface area contributed by atoms with Crippen LogP contribution in [0.25, 0.3) is 23.1 Å². The number of nitrogens with two attached hydrogens (primary N) is 1. The van der Waals surface area contributed by atoms with Gasteiger partial charge in [0, 0.05) is 23.0 Å². The molecule has 0 aliphatic rings. The van der Waals surface area contributed by atoms with Crippen molar-refractivity contribution < 1.29 is 4.39 Å². The summed E-state index contributed by atoms with van der Waals surface area (Å²) in [4.78, 5) is 4.26. The van der Waals surface area contributed by atoms with E-state index in [-0.39, 0.29) is 5.82 Å². The number of aryl methyl sites for hydroxylation is 1. The normalized spacial score (nSPS) is 11.3. The lowest BCUT2D eigenvalue weighted by Crippen LogP contribution is -1.98. The summed E-state index contributed by atoms with van der Waals surface area (Å²) in [5, 5.41) is 11.4. The van der Waals surface area contributed by atoms with Gasteiger partial charge in [0.15, 0.2) is 0 Å². The van der Waals surface area contributed by atoms with E-state index in [1.54, 1.807) is 19.2 Å². The Morgan fingerprint density at radius 2 is 2.00 bits per heavy atom. The Labute approximate surface area is 155 Å². The molecule has 0 aliphatic heterocycles. The Kier molecular flexibility index (Phi) is 4.30. The molecule has 0 amide bonds. The average Bonchev–Trinajstić information content (AvgIpc) is 3.07. The second kappa shape index (κ2) is 6.92. The lowest BCUT2D eigenvalue weighted by molar-refractivity contribution is 0.631. The molecule has 2 heterocycles. The highest BCUT2D eigenvalue weighted by molar-refractivity contribution is 5.91. The maximum absolute atomic E-state index is 14.1. The molecule has 5 nitrogen and oxygen atoms in total. The summed E-state index contributed by atoms with van der Waals surface area (Å²) in [7, 11) is 0.